The van der Waals surface area contributed by atoms with Crippen LogP contribution in [0.4, 0.5) is 5.82 Å². The molecular formula is C20H26N8. The molecule has 3 aromatic rings. The number of pyridine rings is 2. The van der Waals surface area contributed by atoms with Crippen molar-refractivity contribution in [1.82, 2.24) is 35.1 Å². The first-order chi connectivity index (χ1) is 13.5. The molecular weight excluding hydrogens is 352 g/mol. The summed E-state index contributed by atoms with van der Waals surface area (Å²) in [6, 6.07) is 10.1. The number of piperazine rings is 1. The summed E-state index contributed by atoms with van der Waals surface area (Å²) in [5.41, 5.74) is 0.906. The van der Waals surface area contributed by atoms with Gasteiger partial charge in [-0.1, -0.05) is 12.1 Å². The monoisotopic (exact) mass is 378 g/mol. The van der Waals surface area contributed by atoms with Crippen molar-refractivity contribution in [3.63, 3.8) is 0 Å². The molecule has 1 atom stereocenters. The molecule has 0 unspecified atom stereocenters. The molecule has 0 amide bonds. The van der Waals surface area contributed by atoms with E-state index in [1.165, 1.54) is 0 Å². The summed E-state index contributed by atoms with van der Waals surface area (Å²) in [6.45, 7) is 9.96. The molecule has 1 aliphatic rings. The molecule has 3 aromatic heterocycles. The standard InChI is InChI=1S/C20H26N8/c1-20(2,3)28-19(23-24-25-28)18(16-7-6-9-21-15-16)27-13-11-26(12-14-27)17-8-4-5-10-22-17/h4-10,15,18H,11-14H2,1-3H3/t18-/m1/s1. The van der Waals surface area contributed by atoms with Gasteiger partial charge in [0, 0.05) is 44.8 Å². The number of aromatic nitrogens is 6. The molecule has 0 radical (unpaired) electrons. The third-order valence-electron chi connectivity index (χ3n) is 5.03. The summed E-state index contributed by atoms with van der Waals surface area (Å²) >= 11 is 0. The molecule has 146 valence electrons. The average molecular weight is 378 g/mol. The van der Waals surface area contributed by atoms with E-state index < -0.39 is 0 Å². The molecule has 4 heterocycles. The first kappa shape index (κ1) is 18.5. The van der Waals surface area contributed by atoms with Crippen LogP contribution in [0.25, 0.3) is 0 Å². The van der Waals surface area contributed by atoms with Crippen LogP contribution in [0.2, 0.25) is 0 Å². The van der Waals surface area contributed by atoms with E-state index in [0.717, 1.165) is 43.4 Å². The van der Waals surface area contributed by atoms with Crippen molar-refractivity contribution in [3.05, 3.63) is 60.3 Å². The number of anilines is 1. The normalized spacial score (nSPS) is 16.9. The van der Waals surface area contributed by atoms with Gasteiger partial charge in [-0.2, -0.15) is 0 Å². The van der Waals surface area contributed by atoms with Crippen molar-refractivity contribution in [1.29, 1.82) is 0 Å². The minimum atomic E-state index is -0.199. The molecule has 1 saturated heterocycles. The number of tetrazole rings is 1. The maximum Gasteiger partial charge on any atom is 0.173 e. The maximum absolute atomic E-state index is 4.49. The summed E-state index contributed by atoms with van der Waals surface area (Å²) in [5.74, 6) is 1.88. The summed E-state index contributed by atoms with van der Waals surface area (Å²) in [4.78, 5) is 13.6. The summed E-state index contributed by atoms with van der Waals surface area (Å²) in [6.07, 6.45) is 5.56. The highest BCUT2D eigenvalue weighted by Crippen LogP contribution is 2.30. The fraction of sp³-hybridized carbons (Fsp3) is 0.450. The zero-order valence-corrected chi connectivity index (χ0v) is 16.6. The Balaban J connectivity index is 1.62. The maximum atomic E-state index is 4.49. The number of rotatable bonds is 4. The minimum Gasteiger partial charge on any atom is -0.354 e. The molecule has 0 spiro atoms. The van der Waals surface area contributed by atoms with Crippen molar-refractivity contribution in [2.75, 3.05) is 31.1 Å². The molecule has 0 aromatic carbocycles. The second kappa shape index (κ2) is 7.63. The third kappa shape index (κ3) is 3.73. The first-order valence-electron chi connectivity index (χ1n) is 9.63. The van der Waals surface area contributed by atoms with Gasteiger partial charge in [0.1, 0.15) is 5.82 Å². The molecule has 8 heteroatoms. The van der Waals surface area contributed by atoms with E-state index in [1.54, 1.807) is 6.20 Å². The third-order valence-corrected chi connectivity index (χ3v) is 5.03. The predicted octanol–water partition coefficient (Wildman–Crippen LogP) is 2.13. The van der Waals surface area contributed by atoms with Crippen LogP contribution in [-0.2, 0) is 5.54 Å². The van der Waals surface area contributed by atoms with E-state index in [4.69, 9.17) is 0 Å². The Hall–Kier alpha value is -2.87. The van der Waals surface area contributed by atoms with E-state index >= 15 is 0 Å². The molecule has 8 nitrogen and oxygen atoms in total. The fourth-order valence-corrected chi connectivity index (χ4v) is 3.65. The highest BCUT2D eigenvalue weighted by atomic mass is 15.6. The van der Waals surface area contributed by atoms with Gasteiger partial charge >= 0.3 is 0 Å². The average Bonchev–Trinajstić information content (AvgIpc) is 3.20. The van der Waals surface area contributed by atoms with Gasteiger partial charge in [-0.3, -0.25) is 9.88 Å². The van der Waals surface area contributed by atoms with E-state index in [-0.39, 0.29) is 11.6 Å². The topological polar surface area (TPSA) is 75.9 Å². The Bertz CT molecular complexity index is 879. The van der Waals surface area contributed by atoms with Gasteiger partial charge in [0.2, 0.25) is 0 Å². The predicted molar refractivity (Wildman–Crippen MR) is 107 cm³/mol. The van der Waals surface area contributed by atoms with Crippen LogP contribution in [0.1, 0.15) is 38.2 Å². The highest BCUT2D eigenvalue weighted by molar-refractivity contribution is 5.38. The van der Waals surface area contributed by atoms with Crippen LogP contribution < -0.4 is 4.90 Å². The van der Waals surface area contributed by atoms with Crippen LogP contribution in [-0.4, -0.2) is 61.3 Å². The van der Waals surface area contributed by atoms with E-state index in [1.807, 2.05) is 35.3 Å². The van der Waals surface area contributed by atoms with Crippen molar-refractivity contribution in [2.45, 2.75) is 32.4 Å². The van der Waals surface area contributed by atoms with Gasteiger partial charge in [-0.05, 0) is 55.0 Å². The van der Waals surface area contributed by atoms with Crippen LogP contribution in [0.3, 0.4) is 0 Å². The zero-order valence-electron chi connectivity index (χ0n) is 16.6. The Labute approximate surface area is 165 Å². The van der Waals surface area contributed by atoms with Crippen LogP contribution in [0.5, 0.6) is 0 Å². The Kier molecular flexibility index (Phi) is 5.04. The summed E-state index contributed by atoms with van der Waals surface area (Å²) in [7, 11) is 0. The van der Waals surface area contributed by atoms with Gasteiger partial charge in [0.05, 0.1) is 11.6 Å². The quantitative estimate of drug-likeness (QED) is 0.688. The molecule has 0 saturated carbocycles. The lowest BCUT2D eigenvalue weighted by atomic mass is 10.0. The van der Waals surface area contributed by atoms with Gasteiger partial charge in [-0.15, -0.1) is 5.10 Å². The van der Waals surface area contributed by atoms with Crippen molar-refractivity contribution in [2.24, 2.45) is 0 Å². The van der Waals surface area contributed by atoms with Crippen molar-refractivity contribution in [3.8, 4) is 0 Å². The van der Waals surface area contributed by atoms with E-state index in [0.29, 0.717) is 0 Å². The summed E-state index contributed by atoms with van der Waals surface area (Å²) in [5, 5.41) is 12.7. The van der Waals surface area contributed by atoms with Crippen LogP contribution in [0, 0.1) is 0 Å². The molecule has 0 aliphatic carbocycles. The molecule has 4 rings (SSSR count). The summed E-state index contributed by atoms with van der Waals surface area (Å²) < 4.78 is 1.93. The van der Waals surface area contributed by atoms with Crippen LogP contribution in [0.15, 0.2) is 48.9 Å². The zero-order chi connectivity index (χ0) is 19.6. The molecule has 1 fully saturated rings. The molecule has 0 bridgehead atoms. The lowest BCUT2D eigenvalue weighted by molar-refractivity contribution is 0.191. The van der Waals surface area contributed by atoms with Crippen molar-refractivity contribution >= 4 is 5.82 Å². The number of nitrogens with zero attached hydrogens (tertiary/aromatic N) is 8. The molecule has 1 aliphatic heterocycles. The Morgan fingerprint density at radius 1 is 0.964 bits per heavy atom. The van der Waals surface area contributed by atoms with Crippen molar-refractivity contribution < 1.29 is 0 Å². The smallest absolute Gasteiger partial charge is 0.173 e. The van der Waals surface area contributed by atoms with Gasteiger partial charge in [0.25, 0.3) is 0 Å². The minimum absolute atomic E-state index is 0.0335. The Morgan fingerprint density at radius 3 is 2.43 bits per heavy atom. The second-order valence-electron chi connectivity index (χ2n) is 8.02. The fourth-order valence-electron chi connectivity index (χ4n) is 3.65. The molecule has 0 N–H and O–H groups in total. The van der Waals surface area contributed by atoms with Gasteiger partial charge < -0.3 is 4.90 Å². The van der Waals surface area contributed by atoms with Gasteiger partial charge in [-0.25, -0.2) is 9.67 Å². The Morgan fingerprint density at radius 2 is 1.79 bits per heavy atom. The largest absolute Gasteiger partial charge is 0.354 e. The lowest BCUT2D eigenvalue weighted by Gasteiger charge is -2.39. The number of hydrogen-bond acceptors (Lipinski definition) is 7. The van der Waals surface area contributed by atoms with Gasteiger partial charge in [0.15, 0.2) is 5.82 Å². The second-order valence-corrected chi connectivity index (χ2v) is 8.02. The lowest BCUT2D eigenvalue weighted by Crippen LogP contribution is -2.49. The molecule has 28 heavy (non-hydrogen) atoms. The first-order valence-corrected chi connectivity index (χ1v) is 9.63. The highest BCUT2D eigenvalue weighted by Gasteiger charge is 2.33. The number of hydrogen-bond donors (Lipinski definition) is 0. The SMILES string of the molecule is CC(C)(C)n1nnnc1[C@@H](c1cccnc1)N1CCN(c2ccccn2)CC1. The van der Waals surface area contributed by atoms with Crippen LogP contribution >= 0.6 is 0 Å². The van der Waals surface area contributed by atoms with E-state index in [9.17, 15) is 0 Å². The van der Waals surface area contributed by atoms with E-state index in [2.05, 4.69) is 68.2 Å².